The molecular weight excluding hydrogens is 1060 g/mol. The SMILES string of the molecule is [Au+].[Au+].[C-]#Cc1cccc2ccccc12.[C-]#Cc1cccc2ccccc12.c1ccc([PH+](CC[PH+](c2ccccc2)c2ccccc2)c2ccccc2)cc1. The molecular formula is C50H40Au2P2+2. The van der Waals surface area contributed by atoms with Crippen molar-refractivity contribution in [2.45, 2.75) is 0 Å². The molecule has 0 radical (unpaired) electrons. The van der Waals surface area contributed by atoms with Crippen molar-refractivity contribution in [3.63, 3.8) is 0 Å². The maximum atomic E-state index is 7.08. The van der Waals surface area contributed by atoms with Gasteiger partial charge in [0.1, 0.15) is 12.3 Å². The first-order valence-corrected chi connectivity index (χ1v) is 20.9. The predicted molar refractivity (Wildman–Crippen MR) is 231 cm³/mol. The minimum absolute atomic E-state index is 0. The summed E-state index contributed by atoms with van der Waals surface area (Å²) in [5.74, 6) is 4.84. The average molecular weight is 1100 g/mol. The van der Waals surface area contributed by atoms with E-state index in [4.69, 9.17) is 12.8 Å². The monoisotopic (exact) mass is 1100 g/mol. The molecule has 0 N–H and O–H groups in total. The largest absolute Gasteiger partial charge is 1.00 e. The van der Waals surface area contributed by atoms with Crippen molar-refractivity contribution in [1.29, 1.82) is 0 Å². The summed E-state index contributed by atoms with van der Waals surface area (Å²) in [4.78, 5) is 0. The number of fused-ring (bicyclic) bond motifs is 2. The third-order valence-electron chi connectivity index (χ3n) is 8.96. The molecule has 8 aromatic rings. The van der Waals surface area contributed by atoms with E-state index >= 15 is 0 Å². The first kappa shape index (κ1) is 42.5. The molecule has 0 unspecified atom stereocenters. The van der Waals surface area contributed by atoms with E-state index in [0.717, 1.165) is 32.7 Å². The summed E-state index contributed by atoms with van der Waals surface area (Å²) in [6.07, 6.45) is 16.7. The fourth-order valence-electron chi connectivity index (χ4n) is 6.39. The van der Waals surface area contributed by atoms with Crippen LogP contribution in [0.1, 0.15) is 11.1 Å². The van der Waals surface area contributed by atoms with Gasteiger partial charge in [0.2, 0.25) is 0 Å². The van der Waals surface area contributed by atoms with Crippen LogP contribution in [0.5, 0.6) is 0 Å². The molecule has 0 heterocycles. The Morgan fingerprint density at radius 3 is 0.870 bits per heavy atom. The summed E-state index contributed by atoms with van der Waals surface area (Å²) in [5, 5.41) is 10.6. The summed E-state index contributed by atoms with van der Waals surface area (Å²) in [6.45, 7) is 0. The van der Waals surface area contributed by atoms with Crippen molar-refractivity contribution >= 4 is 58.6 Å². The number of rotatable bonds is 7. The van der Waals surface area contributed by atoms with Gasteiger partial charge < -0.3 is 12.8 Å². The summed E-state index contributed by atoms with van der Waals surface area (Å²) in [5.41, 5.74) is 1.71. The molecule has 0 aliphatic carbocycles. The van der Waals surface area contributed by atoms with Crippen LogP contribution in [-0.4, -0.2) is 12.3 Å². The van der Waals surface area contributed by atoms with Gasteiger partial charge >= 0.3 is 44.8 Å². The molecule has 54 heavy (non-hydrogen) atoms. The molecule has 0 bridgehead atoms. The van der Waals surface area contributed by atoms with Gasteiger partial charge in [0.25, 0.3) is 0 Å². The Morgan fingerprint density at radius 2 is 0.574 bits per heavy atom. The quantitative estimate of drug-likeness (QED) is 0.0646. The van der Waals surface area contributed by atoms with Gasteiger partial charge in [-0.1, -0.05) is 156 Å². The van der Waals surface area contributed by atoms with Crippen molar-refractivity contribution in [1.82, 2.24) is 0 Å². The predicted octanol–water partition coefficient (Wildman–Crippen LogP) is 10.3. The number of hydrogen-bond acceptors (Lipinski definition) is 0. The molecule has 8 aromatic carbocycles. The van der Waals surface area contributed by atoms with E-state index in [2.05, 4.69) is 133 Å². The van der Waals surface area contributed by atoms with Crippen molar-refractivity contribution < 1.29 is 44.8 Å². The van der Waals surface area contributed by atoms with Crippen molar-refractivity contribution in [3.05, 3.63) is 230 Å². The van der Waals surface area contributed by atoms with Gasteiger partial charge in [-0.05, 0) is 59.3 Å². The van der Waals surface area contributed by atoms with Gasteiger partial charge in [-0.15, -0.1) is 23.3 Å². The van der Waals surface area contributed by atoms with Gasteiger partial charge in [-0.2, -0.15) is 0 Å². The summed E-state index contributed by atoms with van der Waals surface area (Å²) < 4.78 is 0. The third-order valence-corrected chi connectivity index (χ3v) is 15.1. The molecule has 0 aliphatic heterocycles. The van der Waals surface area contributed by atoms with Crippen LogP contribution >= 0.6 is 15.8 Å². The normalized spacial score (nSPS) is 10.0. The van der Waals surface area contributed by atoms with Gasteiger partial charge in [-0.25, -0.2) is 0 Å². The van der Waals surface area contributed by atoms with Crippen LogP contribution in [0, 0.1) is 24.7 Å². The van der Waals surface area contributed by atoms with Gasteiger partial charge in [0, 0.05) is 0 Å². The zero-order chi connectivity index (χ0) is 35.8. The molecule has 0 nitrogen and oxygen atoms in total. The van der Waals surface area contributed by atoms with Crippen molar-refractivity contribution in [2.75, 3.05) is 12.3 Å². The van der Waals surface area contributed by atoms with E-state index in [9.17, 15) is 0 Å². The standard InChI is InChI=1S/C26H24P2.2C12H7.2Au/c1-5-13-23(14-6-1)27(24-15-7-2-8-16-24)21-22-28(25-17-9-3-10-18-25)26-19-11-4-12-20-26;2*1-2-10-7-5-8-11-6-3-4-9-12(10)11;;/h1-20H,21-22H2;2*3-9H;;/q;2*-1;2*+1/p+2. The molecule has 270 valence electrons. The van der Waals surface area contributed by atoms with Crippen LogP contribution in [0.3, 0.4) is 0 Å². The van der Waals surface area contributed by atoms with E-state index in [1.807, 2.05) is 84.9 Å². The Balaban J connectivity index is 0.000000206. The van der Waals surface area contributed by atoms with Gasteiger partial charge in [-0.3, -0.25) is 11.8 Å². The maximum absolute atomic E-state index is 7.08. The second-order valence-corrected chi connectivity index (χ2v) is 17.4. The van der Waals surface area contributed by atoms with Crippen molar-refractivity contribution in [3.8, 4) is 11.8 Å². The van der Waals surface area contributed by atoms with Crippen LogP contribution in [-0.2, 0) is 44.8 Å². The minimum Gasteiger partial charge on any atom is -0.366 e. The molecule has 0 saturated carbocycles. The van der Waals surface area contributed by atoms with Crippen LogP contribution in [0.15, 0.2) is 206 Å². The van der Waals surface area contributed by atoms with E-state index in [1.165, 1.54) is 33.5 Å². The maximum Gasteiger partial charge on any atom is 1.00 e. The fraction of sp³-hybridized carbons (Fsp3) is 0.0400. The molecule has 0 spiro atoms. The van der Waals surface area contributed by atoms with E-state index < -0.39 is 15.8 Å². The van der Waals surface area contributed by atoms with Crippen LogP contribution in [0.2, 0.25) is 0 Å². The first-order valence-electron chi connectivity index (χ1n) is 17.5. The topological polar surface area (TPSA) is 0 Å². The van der Waals surface area contributed by atoms with E-state index in [0.29, 0.717) is 0 Å². The second kappa shape index (κ2) is 22.8. The Labute approximate surface area is 355 Å². The average Bonchev–Trinajstić information content (AvgIpc) is 3.24. The zero-order valence-electron chi connectivity index (χ0n) is 29.6. The number of benzene rings is 8. The molecule has 0 saturated heterocycles. The first-order chi connectivity index (χ1) is 25.7. The third kappa shape index (κ3) is 11.6. The minimum atomic E-state index is -0.783. The summed E-state index contributed by atoms with van der Waals surface area (Å²) >= 11 is 0. The molecule has 8 rings (SSSR count). The van der Waals surface area contributed by atoms with Gasteiger partial charge in [0.15, 0.2) is 0 Å². The molecule has 0 aliphatic rings. The van der Waals surface area contributed by atoms with E-state index in [-0.39, 0.29) is 44.8 Å². The van der Waals surface area contributed by atoms with Crippen LogP contribution in [0.4, 0.5) is 0 Å². The second-order valence-electron chi connectivity index (χ2n) is 12.2. The Hall–Kier alpha value is -4.26. The fourth-order valence-corrected chi connectivity index (χ4v) is 12.6. The summed E-state index contributed by atoms with van der Waals surface area (Å²) in [7, 11) is -1.57. The molecule has 0 aromatic heterocycles. The Morgan fingerprint density at radius 1 is 0.315 bits per heavy atom. The van der Waals surface area contributed by atoms with Crippen molar-refractivity contribution in [2.24, 2.45) is 0 Å². The van der Waals surface area contributed by atoms with Crippen LogP contribution in [0.25, 0.3) is 21.5 Å². The molecule has 0 fully saturated rings. The van der Waals surface area contributed by atoms with E-state index in [1.54, 1.807) is 0 Å². The molecule has 0 amide bonds. The zero-order valence-corrected chi connectivity index (χ0v) is 36.0. The smallest absolute Gasteiger partial charge is 0.366 e. The Bertz CT molecular complexity index is 2120. The molecule has 4 heteroatoms. The molecule has 0 atom stereocenters. The summed E-state index contributed by atoms with van der Waals surface area (Å²) in [6, 6.07) is 72.3. The Kier molecular flexibility index (Phi) is 18.0. The van der Waals surface area contributed by atoms with Crippen LogP contribution < -0.4 is 21.2 Å². The number of hydrogen-bond donors (Lipinski definition) is 0. The van der Waals surface area contributed by atoms with Gasteiger partial charge in [0.05, 0.1) is 37.1 Å².